The van der Waals surface area contributed by atoms with E-state index in [-0.39, 0.29) is 0 Å². The van der Waals surface area contributed by atoms with Crippen LogP contribution in [0.4, 0.5) is 0 Å². The van der Waals surface area contributed by atoms with Crippen LogP contribution in [-0.2, 0) is 17.8 Å². The Bertz CT molecular complexity index is 722. The van der Waals surface area contributed by atoms with Gasteiger partial charge in [0.2, 0.25) is 5.88 Å². The molecule has 7 nitrogen and oxygen atoms in total. The van der Waals surface area contributed by atoms with E-state index in [1.165, 1.54) is 0 Å². The van der Waals surface area contributed by atoms with Crippen molar-refractivity contribution in [3.63, 3.8) is 0 Å². The fourth-order valence-electron chi connectivity index (χ4n) is 2.43. The van der Waals surface area contributed by atoms with Gasteiger partial charge >= 0.3 is 0 Å². The molecule has 7 heteroatoms. The van der Waals surface area contributed by atoms with E-state index in [0.29, 0.717) is 44.7 Å². The van der Waals surface area contributed by atoms with Crippen LogP contribution in [0.15, 0.2) is 47.6 Å². The Hall–Kier alpha value is -2.80. The van der Waals surface area contributed by atoms with Crippen molar-refractivity contribution in [2.45, 2.75) is 20.0 Å². The summed E-state index contributed by atoms with van der Waals surface area (Å²) in [6, 6.07) is 11.8. The fraction of sp³-hybridized carbons (Fsp3) is 0.400. The lowest BCUT2D eigenvalue weighted by molar-refractivity contribution is 0.143. The fourth-order valence-corrected chi connectivity index (χ4v) is 2.43. The van der Waals surface area contributed by atoms with Gasteiger partial charge in [0.1, 0.15) is 12.4 Å². The maximum absolute atomic E-state index is 5.66. The van der Waals surface area contributed by atoms with Gasteiger partial charge in [0, 0.05) is 44.6 Å². The van der Waals surface area contributed by atoms with Crippen molar-refractivity contribution in [1.29, 1.82) is 0 Å². The Morgan fingerprint density at radius 3 is 2.48 bits per heavy atom. The van der Waals surface area contributed by atoms with E-state index in [2.05, 4.69) is 20.6 Å². The third-order valence-corrected chi connectivity index (χ3v) is 3.76. The zero-order chi connectivity index (χ0) is 19.3. The lowest BCUT2D eigenvalue weighted by Crippen LogP contribution is -2.36. The van der Waals surface area contributed by atoms with E-state index in [1.54, 1.807) is 20.4 Å². The molecule has 1 aromatic heterocycles. The van der Waals surface area contributed by atoms with Crippen LogP contribution < -0.4 is 20.1 Å². The molecule has 2 aromatic rings. The molecule has 0 radical (unpaired) electrons. The van der Waals surface area contributed by atoms with E-state index in [4.69, 9.17) is 14.2 Å². The highest BCUT2D eigenvalue weighted by molar-refractivity contribution is 5.79. The third-order valence-electron chi connectivity index (χ3n) is 3.76. The number of rotatable bonds is 10. The van der Waals surface area contributed by atoms with Crippen LogP contribution in [-0.4, -0.2) is 44.9 Å². The van der Waals surface area contributed by atoms with Crippen molar-refractivity contribution in [2.75, 3.05) is 34.0 Å². The molecule has 2 N–H and O–H groups in total. The quantitative estimate of drug-likeness (QED) is 0.379. The van der Waals surface area contributed by atoms with E-state index in [9.17, 15) is 0 Å². The molecule has 0 saturated carbocycles. The van der Waals surface area contributed by atoms with Crippen LogP contribution in [0, 0.1) is 0 Å². The van der Waals surface area contributed by atoms with Crippen molar-refractivity contribution in [3.8, 4) is 11.6 Å². The number of methoxy groups -OCH3 is 1. The molecule has 27 heavy (non-hydrogen) atoms. The average Bonchev–Trinajstić information content (AvgIpc) is 2.70. The van der Waals surface area contributed by atoms with Crippen molar-refractivity contribution in [1.82, 2.24) is 15.6 Å². The molecular weight excluding hydrogens is 344 g/mol. The van der Waals surface area contributed by atoms with Gasteiger partial charge < -0.3 is 24.8 Å². The molecule has 0 aliphatic rings. The molecule has 0 bridgehead atoms. The summed E-state index contributed by atoms with van der Waals surface area (Å²) in [5.41, 5.74) is 2.03. The van der Waals surface area contributed by atoms with Crippen LogP contribution in [0.3, 0.4) is 0 Å². The van der Waals surface area contributed by atoms with Crippen molar-refractivity contribution in [2.24, 2.45) is 4.99 Å². The van der Waals surface area contributed by atoms with Crippen molar-refractivity contribution >= 4 is 5.96 Å². The van der Waals surface area contributed by atoms with Gasteiger partial charge in [-0.2, -0.15) is 0 Å². The SMILES string of the molecule is CCOc1ccccc1CNC(=NC)NCc1cccnc1OCCOC. The summed E-state index contributed by atoms with van der Waals surface area (Å²) in [5, 5.41) is 6.59. The second-order valence-corrected chi connectivity index (χ2v) is 5.63. The summed E-state index contributed by atoms with van der Waals surface area (Å²) in [5.74, 6) is 2.16. The monoisotopic (exact) mass is 372 g/mol. The van der Waals surface area contributed by atoms with E-state index in [1.807, 2.05) is 43.3 Å². The van der Waals surface area contributed by atoms with Gasteiger partial charge in [0.25, 0.3) is 0 Å². The third kappa shape index (κ3) is 6.79. The molecule has 0 atom stereocenters. The Labute approximate surface area is 160 Å². The summed E-state index contributed by atoms with van der Waals surface area (Å²) < 4.78 is 16.3. The Kier molecular flexibility index (Phi) is 8.92. The molecule has 146 valence electrons. The number of para-hydroxylation sites is 1. The van der Waals surface area contributed by atoms with E-state index < -0.39 is 0 Å². The topological polar surface area (TPSA) is 77.0 Å². The number of aromatic nitrogens is 1. The van der Waals surface area contributed by atoms with Crippen LogP contribution >= 0.6 is 0 Å². The lowest BCUT2D eigenvalue weighted by Gasteiger charge is -2.15. The van der Waals surface area contributed by atoms with Crippen LogP contribution in [0.5, 0.6) is 11.6 Å². The van der Waals surface area contributed by atoms with E-state index in [0.717, 1.165) is 16.9 Å². The molecule has 0 saturated heterocycles. The predicted molar refractivity (Wildman–Crippen MR) is 106 cm³/mol. The average molecular weight is 372 g/mol. The van der Waals surface area contributed by atoms with Crippen LogP contribution in [0.1, 0.15) is 18.1 Å². The highest BCUT2D eigenvalue weighted by Crippen LogP contribution is 2.17. The maximum atomic E-state index is 5.66. The zero-order valence-electron chi connectivity index (χ0n) is 16.2. The molecule has 0 aliphatic heterocycles. The van der Waals surface area contributed by atoms with Gasteiger partial charge in [-0.3, -0.25) is 4.99 Å². The summed E-state index contributed by atoms with van der Waals surface area (Å²) in [7, 11) is 3.38. The minimum absolute atomic E-state index is 0.460. The normalized spacial score (nSPS) is 11.1. The second kappa shape index (κ2) is 11.7. The number of aliphatic imine (C=N–C) groups is 1. The maximum Gasteiger partial charge on any atom is 0.218 e. The highest BCUT2D eigenvalue weighted by Gasteiger charge is 2.07. The van der Waals surface area contributed by atoms with Crippen molar-refractivity contribution in [3.05, 3.63) is 53.7 Å². The first kappa shape index (κ1) is 20.5. The molecule has 0 spiro atoms. The van der Waals surface area contributed by atoms with Gasteiger partial charge in [-0.1, -0.05) is 24.3 Å². The zero-order valence-corrected chi connectivity index (χ0v) is 16.2. The summed E-state index contributed by atoms with van der Waals surface area (Å²) in [6.07, 6.45) is 1.71. The summed E-state index contributed by atoms with van der Waals surface area (Å²) in [6.45, 7) is 4.75. The standard InChI is InChI=1S/C20H28N4O3/c1-4-26-18-10-6-5-8-16(18)14-23-20(21-2)24-15-17-9-7-11-22-19(17)27-13-12-25-3/h5-11H,4,12-15H2,1-3H3,(H2,21,23,24). The molecule has 1 aromatic carbocycles. The minimum atomic E-state index is 0.460. The summed E-state index contributed by atoms with van der Waals surface area (Å²) in [4.78, 5) is 8.56. The van der Waals surface area contributed by atoms with Gasteiger partial charge in [-0.15, -0.1) is 0 Å². The number of benzene rings is 1. The Balaban J connectivity index is 1.91. The lowest BCUT2D eigenvalue weighted by atomic mass is 10.2. The molecule has 0 amide bonds. The molecular formula is C20H28N4O3. The van der Waals surface area contributed by atoms with Gasteiger partial charge in [0.05, 0.1) is 13.2 Å². The number of nitrogens with one attached hydrogen (secondary N) is 2. The van der Waals surface area contributed by atoms with Crippen molar-refractivity contribution < 1.29 is 14.2 Å². The number of hydrogen-bond acceptors (Lipinski definition) is 5. The molecule has 0 aliphatic carbocycles. The first-order valence-electron chi connectivity index (χ1n) is 8.99. The second-order valence-electron chi connectivity index (χ2n) is 5.63. The highest BCUT2D eigenvalue weighted by atomic mass is 16.5. The molecule has 1 heterocycles. The number of pyridine rings is 1. The van der Waals surface area contributed by atoms with Crippen LogP contribution in [0.25, 0.3) is 0 Å². The minimum Gasteiger partial charge on any atom is -0.494 e. The number of ether oxygens (including phenoxy) is 3. The van der Waals surface area contributed by atoms with E-state index >= 15 is 0 Å². The van der Waals surface area contributed by atoms with Gasteiger partial charge in [-0.25, -0.2) is 4.98 Å². The first-order valence-corrected chi connectivity index (χ1v) is 8.99. The predicted octanol–water partition coefficient (Wildman–Crippen LogP) is 2.37. The molecule has 0 unspecified atom stereocenters. The van der Waals surface area contributed by atoms with Gasteiger partial charge in [-0.05, 0) is 19.1 Å². The van der Waals surface area contributed by atoms with Gasteiger partial charge in [0.15, 0.2) is 5.96 Å². The summed E-state index contributed by atoms with van der Waals surface area (Å²) >= 11 is 0. The molecule has 0 fully saturated rings. The Morgan fingerprint density at radius 2 is 1.74 bits per heavy atom. The first-order chi connectivity index (χ1) is 13.3. The smallest absolute Gasteiger partial charge is 0.218 e. The Morgan fingerprint density at radius 1 is 1.00 bits per heavy atom. The number of hydrogen-bond donors (Lipinski definition) is 2. The number of nitrogens with zero attached hydrogens (tertiary/aromatic N) is 2. The largest absolute Gasteiger partial charge is 0.494 e. The molecule has 2 rings (SSSR count). The van der Waals surface area contributed by atoms with Crippen LogP contribution in [0.2, 0.25) is 0 Å². The number of guanidine groups is 1.